The molecule has 172 valence electrons. The van der Waals surface area contributed by atoms with Crippen LogP contribution in [0.25, 0.3) is 0 Å². The highest BCUT2D eigenvalue weighted by molar-refractivity contribution is 6.31. The Morgan fingerprint density at radius 2 is 1.88 bits per heavy atom. The number of aromatic nitrogens is 2. The normalized spacial score (nSPS) is 13.5. The minimum absolute atomic E-state index is 0.169. The van der Waals surface area contributed by atoms with E-state index in [2.05, 4.69) is 21.4 Å². The first-order chi connectivity index (χ1) is 15.8. The summed E-state index contributed by atoms with van der Waals surface area (Å²) < 4.78 is 6.65. The van der Waals surface area contributed by atoms with Gasteiger partial charge in [0.05, 0.1) is 31.0 Å². The number of halogens is 1. The lowest BCUT2D eigenvalue weighted by atomic mass is 10.1. The highest BCUT2D eigenvalue weighted by atomic mass is 35.5. The molecule has 2 aromatic carbocycles. The molecule has 8 heteroatoms. The average molecular weight is 467 g/mol. The van der Waals surface area contributed by atoms with E-state index in [0.717, 1.165) is 40.6 Å². The second-order valence-corrected chi connectivity index (χ2v) is 8.73. The Balaban J connectivity index is 1.53. The molecule has 1 atom stereocenters. The van der Waals surface area contributed by atoms with Crippen LogP contribution in [-0.4, -0.2) is 35.3 Å². The van der Waals surface area contributed by atoms with Crippen molar-refractivity contribution in [1.29, 1.82) is 0 Å². The maximum absolute atomic E-state index is 13.3. The van der Waals surface area contributed by atoms with E-state index in [0.29, 0.717) is 23.4 Å². The van der Waals surface area contributed by atoms with E-state index >= 15 is 0 Å². The number of esters is 1. The maximum atomic E-state index is 13.3. The summed E-state index contributed by atoms with van der Waals surface area (Å²) in [5.41, 5.74) is 4.82. The summed E-state index contributed by atoms with van der Waals surface area (Å²) >= 11 is 6.18. The molecule has 4 rings (SSSR count). The van der Waals surface area contributed by atoms with Gasteiger partial charge in [-0.15, -0.1) is 0 Å². The van der Waals surface area contributed by atoms with E-state index in [-0.39, 0.29) is 17.9 Å². The second kappa shape index (κ2) is 9.27. The number of hydrogen-bond donors (Lipinski definition) is 1. The van der Waals surface area contributed by atoms with E-state index in [1.165, 1.54) is 7.11 Å². The number of fused-ring (bicyclic) bond motifs is 1. The van der Waals surface area contributed by atoms with Gasteiger partial charge in [0.2, 0.25) is 0 Å². The Bertz CT molecular complexity index is 1200. The Labute approximate surface area is 198 Å². The largest absolute Gasteiger partial charge is 0.465 e. The molecule has 0 unspecified atom stereocenters. The minimum Gasteiger partial charge on any atom is -0.465 e. The molecule has 1 aliphatic rings. The third kappa shape index (κ3) is 4.59. The number of hydrogen-bond acceptors (Lipinski definition) is 5. The average Bonchev–Trinajstić information content (AvgIpc) is 3.33. The highest BCUT2D eigenvalue weighted by Crippen LogP contribution is 2.31. The van der Waals surface area contributed by atoms with E-state index < -0.39 is 0 Å². The molecule has 1 amide bonds. The summed E-state index contributed by atoms with van der Waals surface area (Å²) in [7, 11) is 1.35. The molecule has 2 heterocycles. The number of carbonyl (C=O) groups excluding carboxylic acids is 2. The van der Waals surface area contributed by atoms with Crippen molar-refractivity contribution >= 4 is 29.3 Å². The van der Waals surface area contributed by atoms with Gasteiger partial charge in [-0.2, -0.15) is 5.10 Å². The molecular weight excluding hydrogens is 440 g/mol. The predicted molar refractivity (Wildman–Crippen MR) is 128 cm³/mol. The Morgan fingerprint density at radius 1 is 1.15 bits per heavy atom. The lowest BCUT2D eigenvalue weighted by molar-refractivity contribution is 0.0600. The van der Waals surface area contributed by atoms with Gasteiger partial charge in [-0.1, -0.05) is 35.9 Å². The van der Waals surface area contributed by atoms with Crippen molar-refractivity contribution in [2.75, 3.05) is 18.6 Å². The molecule has 1 aliphatic heterocycles. The van der Waals surface area contributed by atoms with Crippen LogP contribution in [0.2, 0.25) is 5.02 Å². The van der Waals surface area contributed by atoms with Crippen molar-refractivity contribution < 1.29 is 14.3 Å². The van der Waals surface area contributed by atoms with Gasteiger partial charge in [0, 0.05) is 18.1 Å². The van der Waals surface area contributed by atoms with E-state index in [4.69, 9.17) is 16.3 Å². The van der Waals surface area contributed by atoms with Crippen molar-refractivity contribution in [3.63, 3.8) is 0 Å². The fourth-order valence-electron chi connectivity index (χ4n) is 4.19. The van der Waals surface area contributed by atoms with Gasteiger partial charge in [-0.3, -0.25) is 4.79 Å². The molecule has 7 nitrogen and oxygen atoms in total. The van der Waals surface area contributed by atoms with Crippen LogP contribution in [0.5, 0.6) is 0 Å². The standard InChI is InChI=1S/C25H27ClN4O3/c1-15-13-18(5-10-21(15)26)14-29-11-12-30-24(29)22(17(3)28-30)23(31)27-16(2)19-6-8-20(9-7-19)25(32)33-4/h5-10,13,16H,11-12,14H2,1-4H3,(H,27,31)/t16-/m0/s1. The van der Waals surface area contributed by atoms with Crippen LogP contribution in [0.3, 0.4) is 0 Å². The lowest BCUT2D eigenvalue weighted by Crippen LogP contribution is -2.29. The van der Waals surface area contributed by atoms with Crippen molar-refractivity contribution in [3.05, 3.63) is 81.0 Å². The number of benzene rings is 2. The summed E-state index contributed by atoms with van der Waals surface area (Å²) in [6, 6.07) is 12.8. The fourth-order valence-corrected chi connectivity index (χ4v) is 4.31. The smallest absolute Gasteiger partial charge is 0.337 e. The molecule has 1 aromatic heterocycles. The molecule has 0 fully saturated rings. The van der Waals surface area contributed by atoms with Crippen LogP contribution < -0.4 is 10.2 Å². The minimum atomic E-state index is -0.389. The molecule has 0 saturated heterocycles. The fraction of sp³-hybridized carbons (Fsp3) is 0.320. The molecule has 0 bridgehead atoms. The van der Waals surface area contributed by atoms with Crippen LogP contribution in [0.1, 0.15) is 56.1 Å². The first kappa shape index (κ1) is 22.9. The zero-order valence-electron chi connectivity index (χ0n) is 19.2. The molecule has 3 aromatic rings. The zero-order chi connectivity index (χ0) is 23.7. The summed E-state index contributed by atoms with van der Waals surface area (Å²) in [5.74, 6) is 0.281. The molecule has 1 N–H and O–H groups in total. The topological polar surface area (TPSA) is 76.5 Å². The van der Waals surface area contributed by atoms with E-state index in [9.17, 15) is 9.59 Å². The van der Waals surface area contributed by atoms with Crippen LogP contribution >= 0.6 is 11.6 Å². The molecule has 0 spiro atoms. The van der Waals surface area contributed by atoms with Crippen LogP contribution in [0.4, 0.5) is 5.82 Å². The molecule has 0 radical (unpaired) electrons. The molecular formula is C25H27ClN4O3. The first-order valence-corrected chi connectivity index (χ1v) is 11.2. The Kier molecular flexibility index (Phi) is 6.42. The number of anilines is 1. The summed E-state index contributed by atoms with van der Waals surface area (Å²) in [6.07, 6.45) is 0. The van der Waals surface area contributed by atoms with Gasteiger partial charge in [-0.25, -0.2) is 9.48 Å². The quantitative estimate of drug-likeness (QED) is 0.543. The number of ether oxygens (including phenoxy) is 1. The van der Waals surface area contributed by atoms with Crippen molar-refractivity contribution in [2.24, 2.45) is 0 Å². The lowest BCUT2D eigenvalue weighted by Gasteiger charge is -2.21. The third-order valence-corrected chi connectivity index (χ3v) is 6.41. The number of nitrogens with one attached hydrogen (secondary N) is 1. The second-order valence-electron chi connectivity index (χ2n) is 8.32. The highest BCUT2D eigenvalue weighted by Gasteiger charge is 2.30. The number of aryl methyl sites for hydroxylation is 2. The molecule has 0 saturated carbocycles. The van der Waals surface area contributed by atoms with Gasteiger partial charge >= 0.3 is 5.97 Å². The molecule has 0 aliphatic carbocycles. The Hall–Kier alpha value is -3.32. The van der Waals surface area contributed by atoms with Crippen molar-refractivity contribution in [1.82, 2.24) is 15.1 Å². The SMILES string of the molecule is COC(=O)c1ccc([C@H](C)NC(=O)c2c(C)nn3c2N(Cc2ccc(Cl)c(C)c2)CC3)cc1. The first-order valence-electron chi connectivity index (χ1n) is 10.8. The van der Waals surface area contributed by atoms with Gasteiger partial charge in [-0.05, 0) is 55.7 Å². The monoisotopic (exact) mass is 466 g/mol. The number of methoxy groups -OCH3 is 1. The summed E-state index contributed by atoms with van der Waals surface area (Å²) in [4.78, 5) is 27.2. The van der Waals surface area contributed by atoms with Crippen LogP contribution in [-0.2, 0) is 17.8 Å². The van der Waals surface area contributed by atoms with Crippen LogP contribution in [0.15, 0.2) is 42.5 Å². The van der Waals surface area contributed by atoms with Crippen molar-refractivity contribution in [3.8, 4) is 0 Å². The number of nitrogens with zero attached hydrogens (tertiary/aromatic N) is 3. The van der Waals surface area contributed by atoms with Gasteiger partial charge in [0.1, 0.15) is 11.4 Å². The van der Waals surface area contributed by atoms with Crippen molar-refractivity contribution in [2.45, 2.75) is 39.9 Å². The van der Waals surface area contributed by atoms with Gasteiger partial charge in [0.15, 0.2) is 0 Å². The van der Waals surface area contributed by atoms with Gasteiger partial charge in [0.25, 0.3) is 5.91 Å². The number of amides is 1. The molecule has 33 heavy (non-hydrogen) atoms. The zero-order valence-corrected chi connectivity index (χ0v) is 19.9. The summed E-state index contributed by atoms with van der Waals surface area (Å²) in [6.45, 7) is 7.96. The maximum Gasteiger partial charge on any atom is 0.337 e. The Morgan fingerprint density at radius 3 is 2.55 bits per heavy atom. The van der Waals surface area contributed by atoms with Crippen LogP contribution in [0, 0.1) is 13.8 Å². The predicted octanol–water partition coefficient (Wildman–Crippen LogP) is 4.45. The summed E-state index contributed by atoms with van der Waals surface area (Å²) in [5, 5.41) is 8.42. The third-order valence-electron chi connectivity index (χ3n) is 5.98. The number of rotatable bonds is 6. The van der Waals surface area contributed by atoms with Gasteiger partial charge < -0.3 is 15.0 Å². The van der Waals surface area contributed by atoms with E-state index in [1.807, 2.05) is 49.7 Å². The number of carbonyl (C=O) groups is 2. The van der Waals surface area contributed by atoms with E-state index in [1.54, 1.807) is 12.1 Å².